The van der Waals surface area contributed by atoms with Crippen LogP contribution < -0.4 is 4.90 Å². The first-order valence-electron chi connectivity index (χ1n) is 11.4. The molecule has 1 N–H and O–H groups in total. The van der Waals surface area contributed by atoms with Crippen molar-refractivity contribution in [3.63, 3.8) is 0 Å². The number of carboxylic acids is 1. The van der Waals surface area contributed by atoms with Crippen LogP contribution in [0.4, 0.5) is 11.4 Å². The number of carbonyl (C=O) groups is 2. The Kier molecular flexibility index (Phi) is 10.8. The average Bonchev–Trinajstić information content (AvgIpc) is 2.99. The fourth-order valence-corrected chi connectivity index (χ4v) is 4.88. The number of anilines is 1. The zero-order valence-electron chi connectivity index (χ0n) is 21.1. The Morgan fingerprint density at radius 1 is 1.08 bits per heavy atom. The number of hydrogen-bond donors (Lipinski definition) is 1. The smallest absolute Gasteiger partial charge is 0.303 e. The minimum Gasteiger partial charge on any atom is -0.744 e. The Bertz CT molecular complexity index is 1290. The third kappa shape index (κ3) is 7.22. The van der Waals surface area contributed by atoms with Crippen LogP contribution in [0.2, 0.25) is 0 Å². The summed E-state index contributed by atoms with van der Waals surface area (Å²) in [5.41, 5.74) is 2.40. The minimum atomic E-state index is -4.62. The molecule has 1 radical (unpaired) electrons. The zero-order chi connectivity index (χ0) is 25.8. The van der Waals surface area contributed by atoms with Crippen LogP contribution >= 0.6 is 0 Å². The van der Waals surface area contributed by atoms with Crippen LogP contribution in [-0.2, 0) is 25.1 Å². The van der Waals surface area contributed by atoms with E-state index in [0.717, 1.165) is 17.8 Å². The van der Waals surface area contributed by atoms with Crippen molar-refractivity contribution in [2.75, 3.05) is 11.4 Å². The monoisotopic (exact) mass is 537 g/mol. The largest absolute Gasteiger partial charge is 0.744 e. The maximum absolute atomic E-state index is 12.4. The average molecular weight is 538 g/mol. The molecule has 0 saturated heterocycles. The van der Waals surface area contributed by atoms with E-state index in [9.17, 15) is 22.6 Å². The van der Waals surface area contributed by atoms with Gasteiger partial charge in [0.2, 0.25) is 11.6 Å². The van der Waals surface area contributed by atoms with E-state index in [-0.39, 0.29) is 68.6 Å². The number of benzene rings is 2. The van der Waals surface area contributed by atoms with Crippen molar-refractivity contribution < 1.29 is 32.2 Å². The third-order valence-electron chi connectivity index (χ3n) is 6.18. The Labute approximate surface area is 254 Å². The first kappa shape index (κ1) is 30.6. The van der Waals surface area contributed by atoms with Gasteiger partial charge in [0.25, 0.3) is 0 Å². The molecule has 0 aliphatic carbocycles. The number of fused-ring (bicyclic) bond motifs is 1. The summed E-state index contributed by atoms with van der Waals surface area (Å²) < 4.78 is 37.1. The molecule has 8 nitrogen and oxygen atoms in total. The second-order valence-electron chi connectivity index (χ2n) is 9.04. The molecule has 0 fully saturated rings. The van der Waals surface area contributed by atoms with Gasteiger partial charge in [-0.2, -0.15) is 4.58 Å². The molecule has 2 aromatic rings. The number of nitrogens with zero attached hydrogens (tertiary/aromatic N) is 2. The standard InChI is InChI=1S/C26H30N2O6S.K/c1-19(29)27(20-10-6-4-7-11-20)17-15-24-26(2,3)22-18-21(35(32,33)34)13-14-23(22)28(24)16-9-5-8-12-25(30)31;/h4,6-7,10-11,13-15,17-18H,5,8-9,12,16H2,1-3H3,(H-,30,31,32,33,34);. The van der Waals surface area contributed by atoms with Crippen LogP contribution in [-0.4, -0.2) is 98.2 Å². The van der Waals surface area contributed by atoms with Crippen LogP contribution in [0, 0.1) is 0 Å². The van der Waals surface area contributed by atoms with Crippen molar-refractivity contribution >= 4 is 90.5 Å². The van der Waals surface area contributed by atoms with Gasteiger partial charge in [0, 0.05) is 101 Å². The number of hydrogen-bond acceptors (Lipinski definition) is 5. The number of rotatable bonds is 10. The van der Waals surface area contributed by atoms with Crippen molar-refractivity contribution in [2.45, 2.75) is 56.8 Å². The van der Waals surface area contributed by atoms with Gasteiger partial charge in [-0.15, -0.1) is 0 Å². The number of carbonyl (C=O) groups excluding carboxylic acids is 1. The van der Waals surface area contributed by atoms with Gasteiger partial charge in [-0.1, -0.05) is 18.2 Å². The SMILES string of the molecule is CC(=O)N(C=CC1=[N+](CCCCCC(=O)O)c2ccc(S(=O)(=O)[O-])cc2C1(C)C)c1ccccc1.[K]. The number of unbranched alkanes of at least 4 members (excludes halogenated alkanes) is 2. The maximum Gasteiger partial charge on any atom is 0.303 e. The molecule has 0 aromatic heterocycles. The molecule has 0 saturated carbocycles. The molecule has 0 spiro atoms. The maximum atomic E-state index is 12.4. The number of amides is 1. The van der Waals surface area contributed by atoms with Crippen LogP contribution in [0.1, 0.15) is 52.0 Å². The van der Waals surface area contributed by atoms with Crippen LogP contribution in [0.3, 0.4) is 0 Å². The molecule has 0 atom stereocenters. The van der Waals surface area contributed by atoms with E-state index in [1.165, 1.54) is 24.0 Å². The van der Waals surface area contributed by atoms with E-state index in [1.807, 2.05) is 50.3 Å². The Balaban J connectivity index is 0.00000456. The van der Waals surface area contributed by atoms with E-state index in [1.54, 1.807) is 12.3 Å². The van der Waals surface area contributed by atoms with Crippen molar-refractivity contribution in [1.82, 2.24) is 0 Å². The molecular weight excluding hydrogens is 507 g/mol. The molecule has 1 aliphatic rings. The zero-order valence-corrected chi connectivity index (χ0v) is 25.0. The molecule has 187 valence electrons. The molecule has 1 heterocycles. The number of aliphatic carboxylic acids is 1. The first-order valence-corrected chi connectivity index (χ1v) is 12.8. The number of carboxylic acid groups (broad SMARTS) is 1. The fourth-order valence-electron chi connectivity index (χ4n) is 4.38. The van der Waals surface area contributed by atoms with E-state index in [0.29, 0.717) is 30.6 Å². The van der Waals surface area contributed by atoms with Crippen molar-refractivity contribution in [3.05, 3.63) is 66.4 Å². The van der Waals surface area contributed by atoms with Gasteiger partial charge in [-0.05, 0) is 51.0 Å². The first-order chi connectivity index (χ1) is 16.4. The van der Waals surface area contributed by atoms with Gasteiger partial charge in [0.15, 0.2) is 5.71 Å². The van der Waals surface area contributed by atoms with E-state index < -0.39 is 21.5 Å². The molecular formula is C26H30KN2O6S. The van der Waals surface area contributed by atoms with Gasteiger partial charge in [0.05, 0.1) is 10.3 Å². The van der Waals surface area contributed by atoms with Gasteiger partial charge >= 0.3 is 5.97 Å². The summed E-state index contributed by atoms with van der Waals surface area (Å²) in [6.07, 6.45) is 5.64. The molecule has 0 bridgehead atoms. The van der Waals surface area contributed by atoms with Gasteiger partial charge in [0.1, 0.15) is 16.7 Å². The van der Waals surface area contributed by atoms with E-state index in [4.69, 9.17) is 5.11 Å². The van der Waals surface area contributed by atoms with Crippen molar-refractivity contribution in [2.24, 2.45) is 0 Å². The van der Waals surface area contributed by atoms with Crippen LogP contribution in [0.25, 0.3) is 0 Å². The molecule has 1 amide bonds. The summed E-state index contributed by atoms with van der Waals surface area (Å²) >= 11 is 0. The predicted octanol–water partition coefficient (Wildman–Crippen LogP) is 3.80. The van der Waals surface area contributed by atoms with Crippen molar-refractivity contribution in [3.8, 4) is 0 Å². The predicted molar refractivity (Wildman–Crippen MR) is 138 cm³/mol. The summed E-state index contributed by atoms with van der Waals surface area (Å²) in [6.45, 7) is 5.93. The third-order valence-corrected chi connectivity index (χ3v) is 7.01. The second-order valence-corrected chi connectivity index (χ2v) is 10.4. The molecule has 0 unspecified atom stereocenters. The Morgan fingerprint density at radius 2 is 1.75 bits per heavy atom. The van der Waals surface area contributed by atoms with Crippen molar-refractivity contribution in [1.29, 1.82) is 0 Å². The van der Waals surface area contributed by atoms with Gasteiger partial charge in [-0.25, -0.2) is 8.42 Å². The fraction of sp³-hybridized carbons (Fsp3) is 0.346. The molecule has 36 heavy (non-hydrogen) atoms. The van der Waals surface area contributed by atoms with Crippen LogP contribution in [0.5, 0.6) is 0 Å². The summed E-state index contributed by atoms with van der Waals surface area (Å²) in [5, 5.41) is 8.89. The summed E-state index contributed by atoms with van der Waals surface area (Å²) in [7, 11) is -4.62. The second kappa shape index (κ2) is 12.7. The van der Waals surface area contributed by atoms with E-state index >= 15 is 0 Å². The molecule has 3 rings (SSSR count). The van der Waals surface area contributed by atoms with E-state index in [2.05, 4.69) is 4.58 Å². The summed E-state index contributed by atoms with van der Waals surface area (Å²) in [4.78, 5) is 24.4. The molecule has 2 aromatic carbocycles. The minimum absolute atomic E-state index is 0. The normalized spacial score (nSPS) is 14.4. The van der Waals surface area contributed by atoms with Crippen LogP contribution in [0.15, 0.2) is 65.7 Å². The topological polar surface area (TPSA) is 118 Å². The summed E-state index contributed by atoms with van der Waals surface area (Å²) in [5.74, 6) is -0.995. The number of para-hydroxylation sites is 1. The molecule has 1 aliphatic heterocycles. The quantitative estimate of drug-likeness (QED) is 0.213. The van der Waals surface area contributed by atoms with Gasteiger partial charge in [-0.3, -0.25) is 14.5 Å². The number of allylic oxidation sites excluding steroid dienone is 1. The molecule has 10 heteroatoms. The summed E-state index contributed by atoms with van der Waals surface area (Å²) in [6, 6.07) is 13.6. The Morgan fingerprint density at radius 3 is 2.33 bits per heavy atom. The Hall–Kier alpha value is -1.66. The van der Waals surface area contributed by atoms with Gasteiger partial charge < -0.3 is 9.66 Å².